The fourth-order valence-electron chi connectivity index (χ4n) is 3.40. The first-order valence-electron chi connectivity index (χ1n) is 11.0. The third-order valence-corrected chi connectivity index (χ3v) is 5.08. The van der Waals surface area contributed by atoms with Crippen molar-refractivity contribution in [3.63, 3.8) is 0 Å². The number of carbonyl (C=O) groups is 1. The summed E-state index contributed by atoms with van der Waals surface area (Å²) in [7, 11) is 0. The van der Waals surface area contributed by atoms with Crippen LogP contribution in [0.2, 0.25) is 0 Å². The average molecular weight is 462 g/mol. The smallest absolute Gasteiger partial charge is 0.255 e. The van der Waals surface area contributed by atoms with Gasteiger partial charge in [0.2, 0.25) is 0 Å². The number of hydrogen-bond acceptors (Lipinski definition) is 9. The van der Waals surface area contributed by atoms with Crippen molar-refractivity contribution in [3.8, 4) is 0 Å². The number of fused-ring (bicyclic) bond motifs is 1. The van der Waals surface area contributed by atoms with Gasteiger partial charge < -0.3 is 30.3 Å². The Hall–Kier alpha value is -2.79. The number of allylic oxidation sites excluding steroid dienone is 5. The van der Waals surface area contributed by atoms with Crippen molar-refractivity contribution < 1.29 is 24.5 Å². The minimum absolute atomic E-state index is 0.0211. The van der Waals surface area contributed by atoms with Gasteiger partial charge in [-0.15, -0.1) is 0 Å². The molecule has 3 rings (SSSR count). The van der Waals surface area contributed by atoms with Gasteiger partial charge in [0.05, 0.1) is 19.6 Å². The maximum atomic E-state index is 11.9. The van der Waals surface area contributed by atoms with Crippen molar-refractivity contribution in [1.82, 2.24) is 10.2 Å². The summed E-state index contributed by atoms with van der Waals surface area (Å²) in [6, 6.07) is -0.762. The summed E-state index contributed by atoms with van der Waals surface area (Å²) in [4.78, 5) is 21.7. The quantitative estimate of drug-likeness (QED) is 0.276. The van der Waals surface area contributed by atoms with Crippen LogP contribution in [-0.4, -0.2) is 83.3 Å². The molecular weight excluding hydrogens is 426 g/mol. The second-order valence-electron chi connectivity index (χ2n) is 7.60. The minimum atomic E-state index is -1.20. The van der Waals surface area contributed by atoms with Gasteiger partial charge in [-0.1, -0.05) is 63.0 Å². The molecule has 1 amide bonds. The van der Waals surface area contributed by atoms with Crippen LogP contribution in [0.15, 0.2) is 59.6 Å². The maximum absolute atomic E-state index is 11.9. The number of nitrogens with two attached hydrogens (primary N) is 1. The maximum Gasteiger partial charge on any atom is 0.255 e. The van der Waals surface area contributed by atoms with E-state index in [4.69, 9.17) is 15.2 Å². The van der Waals surface area contributed by atoms with Gasteiger partial charge in [-0.3, -0.25) is 15.1 Å². The Morgan fingerprint density at radius 2 is 1.94 bits per heavy atom. The summed E-state index contributed by atoms with van der Waals surface area (Å²) in [5.41, 5.74) is 5.60. The van der Waals surface area contributed by atoms with Gasteiger partial charge in [0.1, 0.15) is 18.3 Å². The highest BCUT2D eigenvalue weighted by atomic mass is 16.6. The van der Waals surface area contributed by atoms with Crippen LogP contribution < -0.4 is 11.1 Å². The highest BCUT2D eigenvalue weighted by molar-refractivity contribution is 6.02. The number of nitrogens with one attached hydrogen (secondary N) is 1. The number of carbonyl (C=O) groups excluding carboxylic acids is 1. The predicted molar refractivity (Wildman–Crippen MR) is 127 cm³/mol. The molecule has 0 aromatic rings. The van der Waals surface area contributed by atoms with Gasteiger partial charge in [0.25, 0.3) is 5.91 Å². The monoisotopic (exact) mass is 461 g/mol. The molecular formula is C23H35N5O5. The van der Waals surface area contributed by atoms with Crippen molar-refractivity contribution in [3.05, 3.63) is 49.6 Å². The van der Waals surface area contributed by atoms with Gasteiger partial charge in [0, 0.05) is 0 Å². The molecule has 0 aromatic heterocycles. The minimum Gasteiger partial charge on any atom is -0.387 e. The fraction of sp³-hybridized carbons (Fsp3) is 0.522. The number of aliphatic hydroxyl groups excluding tert-OH is 2. The van der Waals surface area contributed by atoms with Crippen LogP contribution >= 0.6 is 0 Å². The Morgan fingerprint density at radius 3 is 2.61 bits per heavy atom. The van der Waals surface area contributed by atoms with Gasteiger partial charge in [-0.25, -0.2) is 4.99 Å². The molecule has 182 valence electrons. The number of amides is 1. The SMILES string of the molecule is C=C/C=C/CCC.C=C/C=C/CCOC[C@H]1O[C@@H](N2C=NC3C(=O)NC(N)=NC32)C(O)[C@H]1O. The summed E-state index contributed by atoms with van der Waals surface area (Å²) in [5.74, 6) is -0.394. The summed E-state index contributed by atoms with van der Waals surface area (Å²) in [5, 5.41) is 23.0. The zero-order valence-corrected chi connectivity index (χ0v) is 19.0. The third kappa shape index (κ3) is 7.36. The number of guanidine groups is 1. The Labute approximate surface area is 194 Å². The van der Waals surface area contributed by atoms with Crippen molar-refractivity contribution in [2.45, 2.75) is 62.9 Å². The number of rotatable bonds is 10. The lowest BCUT2D eigenvalue weighted by Crippen LogP contribution is -2.56. The topological polar surface area (TPSA) is 142 Å². The van der Waals surface area contributed by atoms with Gasteiger partial charge >= 0.3 is 0 Å². The van der Waals surface area contributed by atoms with E-state index in [-0.39, 0.29) is 18.5 Å². The summed E-state index contributed by atoms with van der Waals surface area (Å²) in [6.07, 6.45) is 11.1. The normalized spacial score (nSPS) is 30.7. The van der Waals surface area contributed by atoms with Crippen LogP contribution in [0.1, 0.15) is 26.2 Å². The number of hydrogen-bond donors (Lipinski definition) is 4. The standard InChI is InChI=1S/C16H23N5O5.C7H12/c1-2-3-4-5-6-25-7-9-11(22)12(23)15(26-9)21-8-18-10-13(21)19-16(17)20-14(10)24;1-3-5-7-6-4-2/h2-4,8-13,15,22-23H,1,5-7H2,(H3,17,19,20,24);3,5,7H,1,4,6H2,2H3/b4-3+;7-5+/t9-,10?,11+,12?,13?,15-;/m1./s1. The first-order chi connectivity index (χ1) is 15.9. The van der Waals surface area contributed by atoms with E-state index in [0.29, 0.717) is 13.0 Å². The Kier molecular flexibility index (Phi) is 11.0. The lowest BCUT2D eigenvalue weighted by Gasteiger charge is -2.32. The van der Waals surface area contributed by atoms with E-state index in [0.717, 1.165) is 0 Å². The summed E-state index contributed by atoms with van der Waals surface area (Å²) < 4.78 is 11.2. The second-order valence-corrected chi connectivity index (χ2v) is 7.60. The van der Waals surface area contributed by atoms with Crippen molar-refractivity contribution >= 4 is 18.2 Å². The van der Waals surface area contributed by atoms with E-state index in [1.165, 1.54) is 24.1 Å². The molecule has 33 heavy (non-hydrogen) atoms. The van der Waals surface area contributed by atoms with Crippen molar-refractivity contribution in [1.29, 1.82) is 0 Å². The first-order valence-corrected chi connectivity index (χ1v) is 11.0. The van der Waals surface area contributed by atoms with E-state index < -0.39 is 36.7 Å². The Balaban J connectivity index is 0.000000479. The number of unbranched alkanes of at least 4 members (excludes halogenated alkanes) is 1. The van der Waals surface area contributed by atoms with E-state index in [2.05, 4.69) is 41.5 Å². The molecule has 0 spiro atoms. The van der Waals surface area contributed by atoms with E-state index in [1.54, 1.807) is 12.2 Å². The van der Waals surface area contributed by atoms with Crippen LogP contribution in [0.3, 0.4) is 0 Å². The van der Waals surface area contributed by atoms with Crippen molar-refractivity contribution in [2.75, 3.05) is 13.2 Å². The van der Waals surface area contributed by atoms with E-state index in [9.17, 15) is 15.0 Å². The molecule has 3 aliphatic heterocycles. The first kappa shape index (κ1) is 26.5. The largest absolute Gasteiger partial charge is 0.387 e. The number of aliphatic hydroxyl groups is 2. The highest BCUT2D eigenvalue weighted by Crippen LogP contribution is 2.29. The molecule has 6 atom stereocenters. The molecule has 3 unspecified atom stereocenters. The molecule has 0 aliphatic carbocycles. The van der Waals surface area contributed by atoms with Crippen LogP contribution in [0.4, 0.5) is 0 Å². The van der Waals surface area contributed by atoms with Gasteiger partial charge in [-0.05, 0) is 12.8 Å². The molecule has 5 N–H and O–H groups in total. The number of ether oxygens (including phenoxy) is 2. The van der Waals surface area contributed by atoms with E-state index >= 15 is 0 Å². The van der Waals surface area contributed by atoms with Gasteiger partial charge in [0.15, 0.2) is 24.4 Å². The molecule has 0 bridgehead atoms. The van der Waals surface area contributed by atoms with Crippen molar-refractivity contribution in [2.24, 2.45) is 15.7 Å². The predicted octanol–water partition coefficient (Wildman–Crippen LogP) is 0.594. The van der Waals surface area contributed by atoms with E-state index in [1.807, 2.05) is 18.2 Å². The number of nitrogens with zero attached hydrogens (tertiary/aromatic N) is 3. The van der Waals surface area contributed by atoms with Crippen LogP contribution in [0, 0.1) is 0 Å². The lowest BCUT2D eigenvalue weighted by molar-refractivity contribution is -0.124. The van der Waals surface area contributed by atoms with Gasteiger partial charge in [-0.2, -0.15) is 0 Å². The van der Waals surface area contributed by atoms with Crippen LogP contribution in [-0.2, 0) is 14.3 Å². The van der Waals surface area contributed by atoms with Crippen LogP contribution in [0.25, 0.3) is 0 Å². The fourth-order valence-corrected chi connectivity index (χ4v) is 3.40. The zero-order chi connectivity index (χ0) is 24.2. The average Bonchev–Trinajstić information content (AvgIpc) is 3.33. The molecule has 0 saturated carbocycles. The second kappa shape index (κ2) is 13.7. The molecule has 10 nitrogen and oxygen atoms in total. The zero-order valence-electron chi connectivity index (χ0n) is 19.0. The highest BCUT2D eigenvalue weighted by Gasteiger charge is 2.51. The third-order valence-electron chi connectivity index (χ3n) is 5.08. The number of aliphatic imine (C=N–C) groups is 2. The molecule has 0 radical (unpaired) electrons. The summed E-state index contributed by atoms with van der Waals surface area (Å²) >= 11 is 0. The van der Waals surface area contributed by atoms with Crippen LogP contribution in [0.5, 0.6) is 0 Å². The summed E-state index contributed by atoms with van der Waals surface area (Å²) in [6.45, 7) is 9.86. The lowest BCUT2D eigenvalue weighted by atomic mass is 10.1. The molecule has 0 aromatic carbocycles. The molecule has 1 saturated heterocycles. The Bertz CT molecular complexity index is 781. The molecule has 3 aliphatic rings. The molecule has 3 heterocycles. The molecule has 10 heteroatoms. The molecule has 1 fully saturated rings. The Morgan fingerprint density at radius 1 is 1.24 bits per heavy atom.